The molecule has 2 aromatic heterocycles. The largest absolute Gasteiger partial charge is 0.360 e. The van der Waals surface area contributed by atoms with Gasteiger partial charge in [0.2, 0.25) is 0 Å². The van der Waals surface area contributed by atoms with Gasteiger partial charge in [-0.1, -0.05) is 52.4 Å². The maximum atomic E-state index is 14.0. The highest BCUT2D eigenvalue weighted by Crippen LogP contribution is 2.36. The van der Waals surface area contributed by atoms with Crippen LogP contribution in [0.4, 0.5) is 5.13 Å². The molecule has 2 heterocycles. The molecule has 33 heavy (non-hydrogen) atoms. The fraction of sp³-hybridized carbons (Fsp3) is 0.320. The van der Waals surface area contributed by atoms with Crippen LogP contribution >= 0.6 is 22.9 Å². The predicted octanol–water partition coefficient (Wildman–Crippen LogP) is 6.13. The predicted molar refractivity (Wildman–Crippen MR) is 136 cm³/mol. The second kappa shape index (κ2) is 9.63. The standard InChI is InChI=1S/C25H27ClN4O2S/c1-15-11-12-20-22(16(15)2)27-25(33-20)30(14-8-13-29(4)5)24(31)21-17(3)32-28-23(21)18-9-6-7-10-19(18)26/h6-7,9-12H,8,13-14H2,1-5H3. The van der Waals surface area contributed by atoms with Crippen LogP contribution in [0.1, 0.15) is 33.7 Å². The Labute approximate surface area is 202 Å². The number of halogens is 1. The maximum absolute atomic E-state index is 14.0. The van der Waals surface area contributed by atoms with Gasteiger partial charge in [-0.05, 0) is 71.1 Å². The molecule has 0 radical (unpaired) electrons. The van der Waals surface area contributed by atoms with E-state index in [1.807, 2.05) is 32.3 Å². The van der Waals surface area contributed by atoms with E-state index >= 15 is 0 Å². The Bertz CT molecular complexity index is 1310. The van der Waals surface area contributed by atoms with Crippen molar-refractivity contribution < 1.29 is 9.32 Å². The molecule has 8 heteroatoms. The summed E-state index contributed by atoms with van der Waals surface area (Å²) >= 11 is 7.95. The van der Waals surface area contributed by atoms with Crippen LogP contribution in [0.2, 0.25) is 5.02 Å². The molecule has 0 aliphatic rings. The molecule has 0 aliphatic carbocycles. The zero-order valence-electron chi connectivity index (χ0n) is 19.5. The first kappa shape index (κ1) is 23.4. The van der Waals surface area contributed by atoms with Gasteiger partial charge in [0.05, 0.1) is 15.2 Å². The Hall–Kier alpha value is -2.74. The zero-order valence-corrected chi connectivity index (χ0v) is 21.0. The smallest absolute Gasteiger partial charge is 0.265 e. The molecule has 0 N–H and O–H groups in total. The van der Waals surface area contributed by atoms with Crippen molar-refractivity contribution in [2.45, 2.75) is 27.2 Å². The zero-order chi connectivity index (χ0) is 23.7. The lowest BCUT2D eigenvalue weighted by Crippen LogP contribution is -2.34. The van der Waals surface area contributed by atoms with Crippen molar-refractivity contribution in [3.63, 3.8) is 0 Å². The van der Waals surface area contributed by atoms with Gasteiger partial charge >= 0.3 is 0 Å². The third kappa shape index (κ3) is 4.67. The SMILES string of the molecule is Cc1ccc2sc(N(CCCN(C)C)C(=O)c3c(-c4ccccc4Cl)noc3C)nc2c1C. The first-order valence-corrected chi connectivity index (χ1v) is 12.0. The van der Waals surface area contributed by atoms with Gasteiger partial charge in [-0.2, -0.15) is 0 Å². The van der Waals surface area contributed by atoms with Crippen molar-refractivity contribution in [1.29, 1.82) is 0 Å². The minimum absolute atomic E-state index is 0.184. The average Bonchev–Trinajstić information content (AvgIpc) is 3.38. The summed E-state index contributed by atoms with van der Waals surface area (Å²) in [6, 6.07) is 11.5. The number of fused-ring (bicyclic) bond motifs is 1. The van der Waals surface area contributed by atoms with Crippen LogP contribution in [0.15, 0.2) is 40.9 Å². The number of hydrogen-bond donors (Lipinski definition) is 0. The van der Waals surface area contributed by atoms with E-state index in [1.165, 1.54) is 16.9 Å². The number of aryl methyl sites for hydroxylation is 3. The molecular formula is C25H27ClN4O2S. The van der Waals surface area contributed by atoms with Gasteiger partial charge in [0.1, 0.15) is 17.0 Å². The van der Waals surface area contributed by atoms with Crippen LogP contribution in [0.25, 0.3) is 21.5 Å². The average molecular weight is 483 g/mol. The van der Waals surface area contributed by atoms with E-state index in [-0.39, 0.29) is 5.91 Å². The molecular weight excluding hydrogens is 456 g/mol. The number of aromatic nitrogens is 2. The number of carbonyl (C=O) groups is 1. The fourth-order valence-corrected chi connectivity index (χ4v) is 5.03. The lowest BCUT2D eigenvalue weighted by atomic mass is 10.0. The Morgan fingerprint density at radius 2 is 1.85 bits per heavy atom. The highest BCUT2D eigenvalue weighted by atomic mass is 35.5. The van der Waals surface area contributed by atoms with E-state index in [9.17, 15) is 4.79 Å². The maximum Gasteiger partial charge on any atom is 0.265 e. The van der Waals surface area contributed by atoms with E-state index in [1.54, 1.807) is 17.9 Å². The van der Waals surface area contributed by atoms with E-state index in [0.29, 0.717) is 39.3 Å². The number of carbonyl (C=O) groups excluding carboxylic acids is 1. The molecule has 4 rings (SSSR count). The number of benzene rings is 2. The summed E-state index contributed by atoms with van der Waals surface area (Å²) < 4.78 is 6.53. The lowest BCUT2D eigenvalue weighted by molar-refractivity contribution is 0.0985. The summed E-state index contributed by atoms with van der Waals surface area (Å²) in [6.45, 7) is 7.28. The number of amides is 1. The molecule has 0 atom stereocenters. The molecule has 4 aromatic rings. The summed E-state index contributed by atoms with van der Waals surface area (Å²) in [4.78, 5) is 22.7. The fourth-order valence-electron chi connectivity index (χ4n) is 3.75. The van der Waals surface area contributed by atoms with Crippen molar-refractivity contribution in [2.24, 2.45) is 0 Å². The summed E-state index contributed by atoms with van der Waals surface area (Å²) in [7, 11) is 4.05. The number of nitrogens with zero attached hydrogens (tertiary/aromatic N) is 4. The first-order chi connectivity index (χ1) is 15.8. The Balaban J connectivity index is 1.79. The molecule has 0 saturated heterocycles. The van der Waals surface area contributed by atoms with Crippen molar-refractivity contribution in [2.75, 3.05) is 32.1 Å². The third-order valence-electron chi connectivity index (χ3n) is 5.74. The minimum atomic E-state index is -0.184. The highest BCUT2D eigenvalue weighted by molar-refractivity contribution is 7.22. The molecule has 2 aromatic carbocycles. The van der Waals surface area contributed by atoms with E-state index in [4.69, 9.17) is 21.1 Å². The van der Waals surface area contributed by atoms with Gasteiger partial charge in [-0.15, -0.1) is 0 Å². The molecule has 1 amide bonds. The minimum Gasteiger partial charge on any atom is -0.360 e. The molecule has 0 saturated carbocycles. The van der Waals surface area contributed by atoms with Crippen molar-refractivity contribution in [1.82, 2.24) is 15.0 Å². The lowest BCUT2D eigenvalue weighted by Gasteiger charge is -2.21. The second-order valence-corrected chi connectivity index (χ2v) is 9.82. The quantitative estimate of drug-likeness (QED) is 0.317. The van der Waals surface area contributed by atoms with Gasteiger partial charge < -0.3 is 9.42 Å². The van der Waals surface area contributed by atoms with E-state index in [0.717, 1.165) is 28.7 Å². The van der Waals surface area contributed by atoms with Gasteiger partial charge in [-0.25, -0.2) is 4.98 Å². The number of anilines is 1. The van der Waals surface area contributed by atoms with Crippen LogP contribution in [0.5, 0.6) is 0 Å². The molecule has 0 fully saturated rings. The third-order valence-corrected chi connectivity index (χ3v) is 7.12. The normalized spacial score (nSPS) is 11.5. The molecule has 0 bridgehead atoms. The number of rotatable bonds is 7. The van der Waals surface area contributed by atoms with E-state index in [2.05, 4.69) is 36.0 Å². The summed E-state index contributed by atoms with van der Waals surface area (Å²) in [5.74, 6) is 0.275. The Morgan fingerprint density at radius 3 is 2.58 bits per heavy atom. The van der Waals surface area contributed by atoms with Gasteiger partial charge in [0.15, 0.2) is 5.13 Å². The molecule has 6 nitrogen and oxygen atoms in total. The number of thiazole rings is 1. The topological polar surface area (TPSA) is 62.5 Å². The molecule has 0 aliphatic heterocycles. The second-order valence-electron chi connectivity index (χ2n) is 8.41. The first-order valence-electron chi connectivity index (χ1n) is 10.8. The Kier molecular flexibility index (Phi) is 6.83. The van der Waals surface area contributed by atoms with Crippen LogP contribution in [-0.4, -0.2) is 48.1 Å². The van der Waals surface area contributed by atoms with Crippen LogP contribution in [0.3, 0.4) is 0 Å². The Morgan fingerprint density at radius 1 is 1.09 bits per heavy atom. The molecule has 0 unspecified atom stereocenters. The number of hydrogen-bond acceptors (Lipinski definition) is 6. The van der Waals surface area contributed by atoms with Gasteiger partial charge in [-0.3, -0.25) is 9.69 Å². The van der Waals surface area contributed by atoms with Crippen LogP contribution in [-0.2, 0) is 0 Å². The van der Waals surface area contributed by atoms with Crippen molar-refractivity contribution in [3.8, 4) is 11.3 Å². The van der Waals surface area contributed by atoms with Gasteiger partial charge in [0.25, 0.3) is 5.91 Å². The monoisotopic (exact) mass is 482 g/mol. The van der Waals surface area contributed by atoms with Crippen LogP contribution in [0, 0.1) is 20.8 Å². The van der Waals surface area contributed by atoms with E-state index < -0.39 is 0 Å². The van der Waals surface area contributed by atoms with Gasteiger partial charge in [0, 0.05) is 12.1 Å². The van der Waals surface area contributed by atoms with Crippen LogP contribution < -0.4 is 4.90 Å². The summed E-state index contributed by atoms with van der Waals surface area (Å²) in [5.41, 5.74) is 4.79. The van der Waals surface area contributed by atoms with Crippen molar-refractivity contribution >= 4 is 44.2 Å². The molecule has 172 valence electrons. The highest BCUT2D eigenvalue weighted by Gasteiger charge is 2.29. The summed E-state index contributed by atoms with van der Waals surface area (Å²) in [5, 5.41) is 5.38. The summed E-state index contributed by atoms with van der Waals surface area (Å²) in [6.07, 6.45) is 0.804. The van der Waals surface area contributed by atoms with Crippen molar-refractivity contribution in [3.05, 3.63) is 63.9 Å². The molecule has 0 spiro atoms.